The molecule has 0 radical (unpaired) electrons. The predicted octanol–water partition coefficient (Wildman–Crippen LogP) is 1.40. The number of likely N-dealkylation sites (N-methyl/N-ethyl adjacent to an activating group) is 1. The lowest BCUT2D eigenvalue weighted by atomic mass is 10.1. The van der Waals surface area contributed by atoms with Crippen molar-refractivity contribution in [2.75, 3.05) is 20.6 Å². The highest BCUT2D eigenvalue weighted by Crippen LogP contribution is 2.14. The van der Waals surface area contributed by atoms with Gasteiger partial charge in [0.15, 0.2) is 0 Å². The van der Waals surface area contributed by atoms with E-state index in [-0.39, 0.29) is 16.7 Å². The minimum Gasteiger partial charge on any atom is -0.447 e. The van der Waals surface area contributed by atoms with E-state index in [4.69, 9.17) is 4.42 Å². The molecule has 0 fully saturated rings. The van der Waals surface area contributed by atoms with E-state index in [2.05, 4.69) is 10.0 Å². The third kappa shape index (κ3) is 6.17. The second-order valence-electron chi connectivity index (χ2n) is 6.49. The first-order valence-electron chi connectivity index (χ1n) is 7.01. The van der Waals surface area contributed by atoms with E-state index >= 15 is 0 Å². The van der Waals surface area contributed by atoms with E-state index in [1.54, 1.807) is 6.07 Å². The molecule has 1 heterocycles. The highest BCUT2D eigenvalue weighted by Gasteiger charge is 2.20. The number of rotatable bonds is 7. The van der Waals surface area contributed by atoms with Gasteiger partial charge in [-0.05, 0) is 53.9 Å². The maximum Gasteiger partial charge on any atom is 0.274 e. The van der Waals surface area contributed by atoms with Crippen LogP contribution in [0, 0.1) is 0 Å². The lowest BCUT2D eigenvalue weighted by Crippen LogP contribution is -2.38. The van der Waals surface area contributed by atoms with Crippen molar-refractivity contribution in [2.24, 2.45) is 0 Å². The Morgan fingerprint density at radius 1 is 1.29 bits per heavy atom. The van der Waals surface area contributed by atoms with Crippen molar-refractivity contribution in [2.45, 2.75) is 50.9 Å². The summed E-state index contributed by atoms with van der Waals surface area (Å²) in [5.74, 6) is 0.603. The number of furan rings is 1. The van der Waals surface area contributed by atoms with Gasteiger partial charge in [-0.25, -0.2) is 13.1 Å². The minimum absolute atomic E-state index is 0.0424. The van der Waals surface area contributed by atoms with Crippen LogP contribution in [0.15, 0.2) is 21.6 Å². The molecule has 0 aliphatic rings. The molecular weight excluding hydrogens is 290 g/mol. The molecule has 0 spiro atoms. The molecule has 0 saturated carbocycles. The van der Waals surface area contributed by atoms with Crippen molar-refractivity contribution < 1.29 is 12.8 Å². The van der Waals surface area contributed by atoms with Crippen LogP contribution in [0.2, 0.25) is 0 Å². The molecule has 0 bridgehead atoms. The van der Waals surface area contributed by atoms with Gasteiger partial charge in [0.05, 0.1) is 6.54 Å². The molecule has 1 aromatic heterocycles. The molecule has 0 saturated heterocycles. The molecule has 0 aliphatic carbocycles. The Balaban J connectivity index is 2.66. The zero-order valence-electron chi connectivity index (χ0n) is 13.7. The zero-order valence-corrected chi connectivity index (χ0v) is 14.5. The van der Waals surface area contributed by atoms with Gasteiger partial charge in [0, 0.05) is 18.1 Å². The first kappa shape index (κ1) is 18.2. The van der Waals surface area contributed by atoms with Crippen molar-refractivity contribution in [3.8, 4) is 0 Å². The molecule has 1 rings (SSSR count). The van der Waals surface area contributed by atoms with Crippen LogP contribution in [0.3, 0.4) is 0 Å². The highest BCUT2D eigenvalue weighted by molar-refractivity contribution is 7.89. The smallest absolute Gasteiger partial charge is 0.274 e. The van der Waals surface area contributed by atoms with E-state index in [1.165, 1.54) is 6.07 Å². The summed E-state index contributed by atoms with van der Waals surface area (Å²) in [6.45, 7) is 8.90. The monoisotopic (exact) mass is 317 g/mol. The highest BCUT2D eigenvalue weighted by atomic mass is 32.2. The van der Waals surface area contributed by atoms with E-state index < -0.39 is 10.0 Å². The van der Waals surface area contributed by atoms with Crippen LogP contribution in [-0.2, 0) is 16.6 Å². The number of nitrogens with one attached hydrogen (secondary N) is 2. The lowest BCUT2D eigenvalue weighted by molar-refractivity contribution is 0.312. The Morgan fingerprint density at radius 2 is 1.90 bits per heavy atom. The van der Waals surface area contributed by atoms with Crippen molar-refractivity contribution in [1.29, 1.82) is 0 Å². The Hall–Kier alpha value is -0.890. The van der Waals surface area contributed by atoms with Crippen molar-refractivity contribution in [3.05, 3.63) is 17.9 Å². The average Bonchev–Trinajstić information content (AvgIpc) is 2.82. The predicted molar refractivity (Wildman–Crippen MR) is 83.6 cm³/mol. The fourth-order valence-electron chi connectivity index (χ4n) is 1.43. The largest absolute Gasteiger partial charge is 0.447 e. The molecule has 122 valence electrons. The first-order valence-corrected chi connectivity index (χ1v) is 8.49. The summed E-state index contributed by atoms with van der Waals surface area (Å²) in [4.78, 5) is 1.95. The van der Waals surface area contributed by atoms with Crippen molar-refractivity contribution in [1.82, 2.24) is 14.9 Å². The standard InChI is InChI=1S/C14H27N3O3S/c1-11(17(5)6)9-16-21(18,19)13-8-7-12(20-13)10-15-14(2,3)4/h7-8,11,15-16H,9-10H2,1-6H3. The van der Waals surface area contributed by atoms with E-state index in [9.17, 15) is 8.42 Å². The van der Waals surface area contributed by atoms with Crippen LogP contribution in [0.4, 0.5) is 0 Å². The Kier molecular flexibility index (Phi) is 5.98. The van der Waals surface area contributed by atoms with Gasteiger partial charge >= 0.3 is 0 Å². The Labute approximate surface area is 127 Å². The second kappa shape index (κ2) is 6.91. The summed E-state index contributed by atoms with van der Waals surface area (Å²) in [6, 6.07) is 3.28. The van der Waals surface area contributed by atoms with E-state index in [1.807, 2.05) is 46.7 Å². The maximum absolute atomic E-state index is 12.1. The average molecular weight is 317 g/mol. The third-order valence-corrected chi connectivity index (χ3v) is 4.44. The van der Waals surface area contributed by atoms with Crippen LogP contribution < -0.4 is 10.0 Å². The van der Waals surface area contributed by atoms with Gasteiger partial charge in [-0.1, -0.05) is 0 Å². The van der Waals surface area contributed by atoms with Gasteiger partial charge in [-0.15, -0.1) is 0 Å². The Bertz CT molecular complexity index is 544. The molecule has 21 heavy (non-hydrogen) atoms. The molecule has 6 nitrogen and oxygen atoms in total. The molecule has 0 amide bonds. The summed E-state index contributed by atoms with van der Waals surface area (Å²) in [6.07, 6.45) is 0. The van der Waals surface area contributed by atoms with Crippen molar-refractivity contribution in [3.63, 3.8) is 0 Å². The number of nitrogens with zero attached hydrogens (tertiary/aromatic N) is 1. The van der Waals surface area contributed by atoms with Gasteiger partial charge < -0.3 is 14.6 Å². The van der Waals surface area contributed by atoms with E-state index in [0.717, 1.165) is 0 Å². The molecule has 7 heteroatoms. The normalized spacial score (nSPS) is 14.6. The quantitative estimate of drug-likeness (QED) is 0.795. The molecule has 0 aliphatic heterocycles. The van der Waals surface area contributed by atoms with E-state index in [0.29, 0.717) is 18.8 Å². The molecule has 1 unspecified atom stereocenters. The zero-order chi connectivity index (χ0) is 16.3. The summed E-state index contributed by atoms with van der Waals surface area (Å²) >= 11 is 0. The van der Waals surface area contributed by atoms with Crippen LogP contribution in [0.1, 0.15) is 33.5 Å². The minimum atomic E-state index is -3.59. The summed E-state index contributed by atoms with van der Waals surface area (Å²) in [7, 11) is 0.217. The summed E-state index contributed by atoms with van der Waals surface area (Å²) in [5.41, 5.74) is -0.0504. The number of hydrogen-bond acceptors (Lipinski definition) is 5. The molecule has 1 aromatic rings. The summed E-state index contributed by atoms with van der Waals surface area (Å²) in [5, 5.41) is 3.21. The third-order valence-electron chi connectivity index (χ3n) is 3.15. The first-order chi connectivity index (χ1) is 9.51. The Morgan fingerprint density at radius 3 is 2.43 bits per heavy atom. The lowest BCUT2D eigenvalue weighted by Gasteiger charge is -2.19. The van der Waals surface area contributed by atoms with Crippen molar-refractivity contribution >= 4 is 10.0 Å². The maximum atomic E-state index is 12.1. The van der Waals surface area contributed by atoms with Crippen LogP contribution in [0.25, 0.3) is 0 Å². The molecule has 1 atom stereocenters. The van der Waals surface area contributed by atoms with Gasteiger partial charge in [-0.2, -0.15) is 0 Å². The van der Waals surface area contributed by atoms with Gasteiger partial charge in [0.25, 0.3) is 10.0 Å². The van der Waals surface area contributed by atoms with Gasteiger partial charge in [-0.3, -0.25) is 0 Å². The SMILES string of the molecule is CC(CNS(=O)(=O)c1ccc(CNC(C)(C)C)o1)N(C)C. The molecular formula is C14H27N3O3S. The molecule has 2 N–H and O–H groups in total. The summed E-state index contributed by atoms with van der Waals surface area (Å²) < 4.78 is 32.2. The molecule has 0 aromatic carbocycles. The fourth-order valence-corrected chi connectivity index (χ4v) is 2.50. The van der Waals surface area contributed by atoms with Gasteiger partial charge in [0.2, 0.25) is 5.09 Å². The van der Waals surface area contributed by atoms with Crippen LogP contribution in [0.5, 0.6) is 0 Å². The topological polar surface area (TPSA) is 74.6 Å². The number of hydrogen-bond donors (Lipinski definition) is 2. The van der Waals surface area contributed by atoms with Gasteiger partial charge in [0.1, 0.15) is 5.76 Å². The fraction of sp³-hybridized carbons (Fsp3) is 0.714. The van der Waals surface area contributed by atoms with Crippen LogP contribution >= 0.6 is 0 Å². The second-order valence-corrected chi connectivity index (χ2v) is 8.19. The number of sulfonamides is 1. The van der Waals surface area contributed by atoms with Crippen LogP contribution in [-0.4, -0.2) is 45.5 Å².